The monoisotopic (exact) mass is 602 g/mol. The van der Waals surface area contributed by atoms with Gasteiger partial charge in [0.1, 0.15) is 30.4 Å². The maximum absolute atomic E-state index is 12.1. The number of rotatable bonds is 12. The number of nitro benzene ring substituents is 2. The topological polar surface area (TPSA) is 179 Å². The van der Waals surface area contributed by atoms with Crippen molar-refractivity contribution in [2.45, 2.75) is 0 Å². The van der Waals surface area contributed by atoms with Crippen molar-refractivity contribution in [3.05, 3.63) is 98.8 Å². The number of aliphatic hydroxyl groups is 1. The van der Waals surface area contributed by atoms with Gasteiger partial charge in [0.05, 0.1) is 64.9 Å². The molecule has 0 heterocycles. The van der Waals surface area contributed by atoms with Crippen LogP contribution in [0.5, 0.6) is 11.5 Å². The molecule has 13 nitrogen and oxygen atoms in total. The van der Waals surface area contributed by atoms with Crippen LogP contribution in [-0.4, -0.2) is 75.4 Å². The van der Waals surface area contributed by atoms with Crippen molar-refractivity contribution in [1.29, 1.82) is 0 Å². The van der Waals surface area contributed by atoms with Gasteiger partial charge < -0.3 is 34.5 Å². The van der Waals surface area contributed by atoms with E-state index in [4.69, 9.17) is 49.1 Å². The SMILES string of the molecule is O=[N+]([O-])c1ccc(F)cc1.[2H]C([2H])([2H])OC([2H])([2H])C([2H])([2H])O.[2H]C([2H])([2H])OC([2H])([2H])C([2H])([2H])Oc1ccc(N)cc1.[2H]C([2H])([2H])OC([2H])([2H])C([2H])([2H])Oc1ccc([N+](=O)[O-])cc1. The summed E-state index contributed by atoms with van der Waals surface area (Å²) >= 11 is 0. The van der Waals surface area contributed by atoms with Crippen LogP contribution in [-0.2, 0) is 14.2 Å². The summed E-state index contributed by atoms with van der Waals surface area (Å²) in [5.74, 6) is -0.688. The molecule has 3 aromatic carbocycles. The van der Waals surface area contributed by atoms with Crippen LogP contribution in [0.15, 0.2) is 72.8 Å². The normalized spacial score (nSPS) is 20.1. The predicted molar refractivity (Wildman–Crippen MR) is 151 cm³/mol. The lowest BCUT2D eigenvalue weighted by molar-refractivity contribution is -0.385. The molecule has 0 fully saturated rings. The van der Waals surface area contributed by atoms with Crippen LogP contribution in [0.1, 0.15) is 28.8 Å². The minimum Gasteiger partial charge on any atom is -0.491 e. The summed E-state index contributed by atoms with van der Waals surface area (Å²) < 4.78 is 179. The molecule has 0 aliphatic heterocycles. The molecule has 3 aromatic rings. The van der Waals surface area contributed by atoms with Crippen LogP contribution >= 0.6 is 0 Å². The number of nitrogen functional groups attached to an aromatic ring is 1. The Hall–Kier alpha value is -4.37. The Kier molecular flexibility index (Phi) is 8.32. The van der Waals surface area contributed by atoms with Crippen molar-refractivity contribution in [3.8, 4) is 11.5 Å². The lowest BCUT2D eigenvalue weighted by Gasteiger charge is -2.04. The minimum atomic E-state index is -3.35. The number of nitrogens with zero attached hydrogens (tertiary/aromatic N) is 2. The van der Waals surface area contributed by atoms with Crippen LogP contribution in [0.3, 0.4) is 0 Å². The number of non-ortho nitro benzene ring substituents is 2. The van der Waals surface area contributed by atoms with Crippen LogP contribution in [0, 0.1) is 26.0 Å². The summed E-state index contributed by atoms with van der Waals surface area (Å²) in [5.41, 5.74) is 5.51. The summed E-state index contributed by atoms with van der Waals surface area (Å²) in [6, 6.07) is 14.1. The molecule has 0 atom stereocenters. The molecule has 0 aliphatic rings. The van der Waals surface area contributed by atoms with Gasteiger partial charge in [-0.3, -0.25) is 20.2 Å². The molecule has 0 spiro atoms. The largest absolute Gasteiger partial charge is 0.491 e. The summed E-state index contributed by atoms with van der Waals surface area (Å²) in [4.78, 5) is 19.2. The Balaban J connectivity index is 0.000000833. The number of halogens is 1. The van der Waals surface area contributed by atoms with Gasteiger partial charge in [0, 0.05) is 51.1 Å². The van der Waals surface area contributed by atoms with E-state index in [2.05, 4.69) is 14.2 Å². The zero-order chi connectivity index (χ0) is 49.1. The van der Waals surface area contributed by atoms with E-state index in [1.54, 1.807) is 0 Å². The molecular weight excluding hydrogens is 545 g/mol. The standard InChI is InChI=1S/C9H11NO4.C9H13NO2.C6H4FNO2.C3H8O2/c1-13-6-7-14-9-4-2-8(3-5-9)10(11)12;1-11-6-7-12-9-4-2-8(10)3-5-9;7-5-1-3-6(4-2-5)8(9)10;1-5-3-2-4/h2-5H,6-7H2,1H3;2-5H,6-7,10H2,1H3;1-4H;4H,2-3H2,1H3/i2*1D3,6D2,7D2;;1D3,2D2,3D2. The van der Waals surface area contributed by atoms with Crippen LogP contribution in [0.25, 0.3) is 0 Å². The minimum absolute atomic E-state index is 0.00258. The number of benzene rings is 3. The number of ether oxygens (including phenoxy) is 5. The lowest BCUT2D eigenvalue weighted by Crippen LogP contribution is -2.04. The molecule has 0 aromatic heterocycles. The molecular formula is C27H36FN3O10. The molecule has 0 bridgehead atoms. The Morgan fingerprint density at radius 2 is 1.12 bits per heavy atom. The van der Waals surface area contributed by atoms with E-state index in [1.165, 1.54) is 24.3 Å². The number of methoxy groups -OCH3 is 3. The van der Waals surface area contributed by atoms with Gasteiger partial charge in [-0.2, -0.15) is 0 Å². The second-order valence-electron chi connectivity index (χ2n) is 6.19. The van der Waals surface area contributed by atoms with E-state index in [-0.39, 0.29) is 22.9 Å². The molecule has 41 heavy (non-hydrogen) atoms. The maximum Gasteiger partial charge on any atom is 0.269 e. The highest BCUT2D eigenvalue weighted by Crippen LogP contribution is 2.17. The van der Waals surface area contributed by atoms with E-state index in [9.17, 15) is 24.6 Å². The van der Waals surface area contributed by atoms with E-state index in [0.717, 1.165) is 48.5 Å². The second kappa shape index (κ2) is 23.5. The molecule has 226 valence electrons. The highest BCUT2D eigenvalue weighted by molar-refractivity contribution is 5.41. The first-order valence-electron chi connectivity index (χ1n) is 20.6. The Morgan fingerprint density at radius 3 is 1.49 bits per heavy atom. The van der Waals surface area contributed by atoms with Crippen LogP contribution < -0.4 is 15.2 Å². The van der Waals surface area contributed by atoms with Crippen molar-refractivity contribution in [3.63, 3.8) is 0 Å². The van der Waals surface area contributed by atoms with E-state index in [0.29, 0.717) is 5.69 Å². The molecule has 0 amide bonds. The summed E-state index contributed by atoms with van der Waals surface area (Å²) in [6.45, 7) is -19.1. The van der Waals surface area contributed by atoms with Gasteiger partial charge in [-0.25, -0.2) is 4.39 Å². The fraction of sp³-hybridized carbons (Fsp3) is 0.333. The third-order valence-electron chi connectivity index (χ3n) is 3.58. The average molecular weight is 603 g/mol. The number of nitro groups is 2. The molecule has 0 aliphatic carbocycles. The number of hydrogen-bond acceptors (Lipinski definition) is 11. The number of nitrogens with two attached hydrogens (primary N) is 1. The van der Waals surface area contributed by atoms with Crippen molar-refractivity contribution in [2.75, 3.05) is 66.2 Å². The number of anilines is 1. The summed E-state index contributed by atoms with van der Waals surface area (Å²) in [7, 11) is -9.32. The predicted octanol–water partition coefficient (Wildman–Crippen LogP) is 4.27. The second-order valence-corrected chi connectivity index (χ2v) is 6.19. The van der Waals surface area contributed by atoms with Crippen molar-refractivity contribution in [1.82, 2.24) is 0 Å². The smallest absolute Gasteiger partial charge is 0.269 e. The Morgan fingerprint density at radius 1 is 0.732 bits per heavy atom. The fourth-order valence-electron chi connectivity index (χ4n) is 1.96. The van der Waals surface area contributed by atoms with Gasteiger partial charge >= 0.3 is 0 Å². The summed E-state index contributed by atoms with van der Waals surface area (Å²) in [5, 5.41) is 28.9. The maximum atomic E-state index is 12.1. The number of hydrogen-bond donors (Lipinski definition) is 2. The molecule has 0 saturated heterocycles. The van der Waals surface area contributed by atoms with E-state index < -0.39 is 76.1 Å². The van der Waals surface area contributed by atoms with Gasteiger partial charge in [-0.05, 0) is 48.5 Å². The molecule has 3 rings (SSSR count). The molecule has 3 N–H and O–H groups in total. The van der Waals surface area contributed by atoms with Gasteiger partial charge in [0.2, 0.25) is 0 Å². The van der Waals surface area contributed by atoms with Crippen molar-refractivity contribution >= 4 is 17.1 Å². The van der Waals surface area contributed by atoms with Crippen LogP contribution in [0.4, 0.5) is 21.5 Å². The van der Waals surface area contributed by atoms with Crippen molar-refractivity contribution < 1.29 is 71.8 Å². The molecule has 0 unspecified atom stereocenters. The first-order chi connectivity index (χ1) is 27.4. The summed E-state index contributed by atoms with van der Waals surface area (Å²) in [6.07, 6.45) is 0. The third-order valence-corrected chi connectivity index (χ3v) is 3.58. The zero-order valence-corrected chi connectivity index (χ0v) is 20.4. The van der Waals surface area contributed by atoms with Gasteiger partial charge in [0.25, 0.3) is 11.4 Å². The molecule has 14 heteroatoms. The fourth-order valence-corrected chi connectivity index (χ4v) is 1.96. The van der Waals surface area contributed by atoms with E-state index >= 15 is 0 Å². The zero-order valence-electron chi connectivity index (χ0n) is 41.4. The molecule has 0 radical (unpaired) electrons. The highest BCUT2D eigenvalue weighted by Gasteiger charge is 2.04. The first kappa shape index (κ1) is 14.5. The Bertz CT molecular complexity index is 1880. The van der Waals surface area contributed by atoms with Crippen LogP contribution in [0.2, 0.25) is 0 Å². The van der Waals surface area contributed by atoms with Gasteiger partial charge in [-0.1, -0.05) is 0 Å². The van der Waals surface area contributed by atoms with Gasteiger partial charge in [0.15, 0.2) is 0 Å². The van der Waals surface area contributed by atoms with Crippen molar-refractivity contribution in [2.24, 2.45) is 0 Å². The van der Waals surface area contributed by atoms with Gasteiger partial charge in [-0.15, -0.1) is 0 Å². The lowest BCUT2D eigenvalue weighted by atomic mass is 10.3. The Labute approximate surface area is 267 Å². The first-order valence-corrected chi connectivity index (χ1v) is 10.1. The van der Waals surface area contributed by atoms with E-state index in [1.807, 2.05) is 0 Å². The molecule has 0 saturated carbocycles. The quantitative estimate of drug-likeness (QED) is 0.172. The highest BCUT2D eigenvalue weighted by atomic mass is 19.1. The average Bonchev–Trinajstić information content (AvgIpc) is 3.03. The third kappa shape index (κ3) is 19.4.